The molecule has 2 rings (SSSR count). The number of nitrogens with zero attached hydrogens (tertiary/aromatic N) is 2. The molecule has 0 saturated heterocycles. The zero-order valence-corrected chi connectivity index (χ0v) is 15.5. The standard InChI is InChI=1S/C17H17ClF2N2O2S/c1-10(15(19)20)8-9-24-16(23)14-11(2)21-17(25-14)22(3)13-6-4-12(18)5-7-13/h4-7H,8-9H2,1-3H3. The summed E-state index contributed by atoms with van der Waals surface area (Å²) in [6, 6.07) is 7.22. The molecule has 1 aromatic heterocycles. The number of hydrogen-bond acceptors (Lipinski definition) is 5. The second-order valence-corrected chi connectivity index (χ2v) is 6.79. The van der Waals surface area contributed by atoms with Gasteiger partial charge in [-0.1, -0.05) is 22.9 Å². The molecule has 2 aromatic rings. The molecule has 0 N–H and O–H groups in total. The number of thiazole rings is 1. The van der Waals surface area contributed by atoms with Crippen LogP contribution in [-0.4, -0.2) is 24.6 Å². The molecule has 0 radical (unpaired) electrons. The first-order chi connectivity index (χ1) is 11.8. The number of ether oxygens (including phenoxy) is 1. The van der Waals surface area contributed by atoms with E-state index in [1.165, 1.54) is 18.3 Å². The van der Waals surface area contributed by atoms with Crippen LogP contribution in [-0.2, 0) is 4.74 Å². The van der Waals surface area contributed by atoms with Crippen molar-refractivity contribution in [2.75, 3.05) is 18.6 Å². The van der Waals surface area contributed by atoms with Crippen molar-refractivity contribution >= 4 is 39.7 Å². The summed E-state index contributed by atoms with van der Waals surface area (Å²) >= 11 is 7.07. The van der Waals surface area contributed by atoms with E-state index in [1.54, 1.807) is 19.1 Å². The minimum Gasteiger partial charge on any atom is -0.461 e. The summed E-state index contributed by atoms with van der Waals surface area (Å²) in [5.74, 6) is -0.558. The first-order valence-corrected chi connectivity index (χ1v) is 8.63. The lowest BCUT2D eigenvalue weighted by Crippen LogP contribution is -2.08. The van der Waals surface area contributed by atoms with Gasteiger partial charge in [-0.2, -0.15) is 8.78 Å². The van der Waals surface area contributed by atoms with Crippen LogP contribution in [0.5, 0.6) is 0 Å². The first-order valence-electron chi connectivity index (χ1n) is 7.44. The van der Waals surface area contributed by atoms with E-state index in [-0.39, 0.29) is 18.6 Å². The van der Waals surface area contributed by atoms with Crippen molar-refractivity contribution in [2.45, 2.75) is 20.3 Å². The SMILES string of the molecule is CC(CCOC(=O)c1sc(N(C)c2ccc(Cl)cc2)nc1C)=C(F)F. The van der Waals surface area contributed by atoms with Crippen molar-refractivity contribution in [3.8, 4) is 0 Å². The summed E-state index contributed by atoms with van der Waals surface area (Å²) in [5.41, 5.74) is 1.32. The van der Waals surface area contributed by atoms with Gasteiger partial charge in [0.1, 0.15) is 4.88 Å². The summed E-state index contributed by atoms with van der Waals surface area (Å²) in [5, 5.41) is 1.25. The van der Waals surface area contributed by atoms with Crippen LogP contribution in [0.1, 0.15) is 28.7 Å². The molecule has 0 fully saturated rings. The normalized spacial score (nSPS) is 10.5. The zero-order chi connectivity index (χ0) is 18.6. The van der Waals surface area contributed by atoms with Crippen molar-refractivity contribution in [2.24, 2.45) is 0 Å². The molecule has 1 heterocycles. The van der Waals surface area contributed by atoms with E-state index < -0.39 is 12.0 Å². The Morgan fingerprint density at radius 1 is 1.32 bits per heavy atom. The Bertz CT molecular complexity index is 786. The summed E-state index contributed by atoms with van der Waals surface area (Å²) in [7, 11) is 1.83. The Morgan fingerprint density at radius 3 is 2.56 bits per heavy atom. The average Bonchev–Trinajstić information content (AvgIpc) is 2.96. The average molecular weight is 387 g/mol. The summed E-state index contributed by atoms with van der Waals surface area (Å²) < 4.78 is 29.7. The van der Waals surface area contributed by atoms with Gasteiger partial charge in [-0.25, -0.2) is 9.78 Å². The van der Waals surface area contributed by atoms with Crippen LogP contribution >= 0.6 is 22.9 Å². The Hall–Kier alpha value is -1.99. The lowest BCUT2D eigenvalue weighted by Gasteiger charge is -2.15. The summed E-state index contributed by atoms with van der Waals surface area (Å²) in [6.07, 6.45) is -1.74. The first kappa shape index (κ1) is 19.3. The molecule has 0 aliphatic rings. The molecule has 0 saturated carbocycles. The van der Waals surface area contributed by atoms with E-state index in [9.17, 15) is 13.6 Å². The van der Waals surface area contributed by atoms with Crippen LogP contribution < -0.4 is 4.90 Å². The maximum Gasteiger partial charge on any atom is 0.350 e. The number of carbonyl (C=O) groups excluding carboxylic acids is 1. The third kappa shape index (κ3) is 4.99. The lowest BCUT2D eigenvalue weighted by atomic mass is 10.2. The van der Waals surface area contributed by atoms with Gasteiger partial charge in [0.2, 0.25) is 0 Å². The Labute approximate surface area is 153 Å². The lowest BCUT2D eigenvalue weighted by molar-refractivity contribution is 0.0512. The molecule has 0 amide bonds. The second-order valence-electron chi connectivity index (χ2n) is 5.37. The number of halogens is 3. The van der Waals surface area contributed by atoms with Crippen LogP contribution in [0.4, 0.5) is 19.6 Å². The third-order valence-electron chi connectivity index (χ3n) is 3.50. The fourth-order valence-electron chi connectivity index (χ4n) is 1.95. The number of aromatic nitrogens is 1. The predicted octanol–water partition coefficient (Wildman–Crippen LogP) is 5.59. The quantitative estimate of drug-likeness (QED) is 0.607. The minimum absolute atomic E-state index is 0.00343. The van der Waals surface area contributed by atoms with E-state index in [1.807, 2.05) is 24.1 Å². The van der Waals surface area contributed by atoms with Gasteiger partial charge < -0.3 is 9.64 Å². The predicted molar refractivity (Wildman–Crippen MR) is 96.2 cm³/mol. The monoisotopic (exact) mass is 386 g/mol. The molecule has 0 aliphatic carbocycles. The van der Waals surface area contributed by atoms with Crippen molar-refractivity contribution in [1.82, 2.24) is 4.98 Å². The molecule has 0 aliphatic heterocycles. The zero-order valence-electron chi connectivity index (χ0n) is 14.0. The van der Waals surface area contributed by atoms with Crippen LogP contribution in [0.25, 0.3) is 0 Å². The van der Waals surface area contributed by atoms with Crippen molar-refractivity contribution in [1.29, 1.82) is 0 Å². The summed E-state index contributed by atoms with van der Waals surface area (Å²) in [6.45, 7) is 2.92. The number of rotatable bonds is 6. The molecule has 0 bridgehead atoms. The number of anilines is 2. The van der Waals surface area contributed by atoms with Gasteiger partial charge in [-0.3, -0.25) is 0 Å². The van der Waals surface area contributed by atoms with E-state index in [0.717, 1.165) is 5.69 Å². The van der Waals surface area contributed by atoms with Gasteiger partial charge in [0.15, 0.2) is 5.13 Å². The van der Waals surface area contributed by atoms with Gasteiger partial charge in [0.05, 0.1) is 12.3 Å². The third-order valence-corrected chi connectivity index (χ3v) is 4.97. The molecular weight excluding hydrogens is 370 g/mol. The molecule has 4 nitrogen and oxygen atoms in total. The van der Waals surface area contributed by atoms with Crippen molar-refractivity contribution < 1.29 is 18.3 Å². The van der Waals surface area contributed by atoms with Gasteiger partial charge in [-0.15, -0.1) is 0 Å². The topological polar surface area (TPSA) is 42.4 Å². The van der Waals surface area contributed by atoms with Crippen LogP contribution in [0, 0.1) is 6.92 Å². The van der Waals surface area contributed by atoms with Gasteiger partial charge in [0, 0.05) is 24.2 Å². The Morgan fingerprint density at radius 2 is 1.96 bits per heavy atom. The van der Waals surface area contributed by atoms with Gasteiger partial charge in [-0.05, 0) is 43.7 Å². The molecule has 8 heteroatoms. The van der Waals surface area contributed by atoms with E-state index in [2.05, 4.69) is 4.98 Å². The van der Waals surface area contributed by atoms with Gasteiger partial charge >= 0.3 is 5.97 Å². The maximum atomic E-state index is 12.3. The molecular formula is C17H17ClF2N2O2S. The second kappa shape index (κ2) is 8.40. The summed E-state index contributed by atoms with van der Waals surface area (Å²) in [4.78, 5) is 18.7. The molecule has 0 unspecified atom stereocenters. The molecule has 1 aromatic carbocycles. The smallest absolute Gasteiger partial charge is 0.350 e. The maximum absolute atomic E-state index is 12.3. The highest BCUT2D eigenvalue weighted by atomic mass is 35.5. The van der Waals surface area contributed by atoms with Crippen molar-refractivity contribution in [3.05, 3.63) is 51.5 Å². The highest BCUT2D eigenvalue weighted by molar-refractivity contribution is 7.17. The number of benzene rings is 1. The van der Waals surface area contributed by atoms with E-state index in [0.29, 0.717) is 20.7 Å². The highest BCUT2D eigenvalue weighted by Crippen LogP contribution is 2.31. The van der Waals surface area contributed by atoms with E-state index in [4.69, 9.17) is 16.3 Å². The number of carbonyl (C=O) groups is 1. The fourth-order valence-corrected chi connectivity index (χ4v) is 3.02. The van der Waals surface area contributed by atoms with E-state index >= 15 is 0 Å². The molecule has 0 spiro atoms. The molecule has 134 valence electrons. The largest absolute Gasteiger partial charge is 0.461 e. The van der Waals surface area contributed by atoms with Crippen LogP contribution in [0.3, 0.4) is 0 Å². The molecule has 0 atom stereocenters. The fraction of sp³-hybridized carbons (Fsp3) is 0.294. The Kier molecular flexibility index (Phi) is 6.50. The Balaban J connectivity index is 2.07. The van der Waals surface area contributed by atoms with Gasteiger partial charge in [0.25, 0.3) is 6.08 Å². The van der Waals surface area contributed by atoms with Crippen LogP contribution in [0.2, 0.25) is 5.02 Å². The minimum atomic E-state index is -1.74. The number of hydrogen-bond donors (Lipinski definition) is 0. The molecule has 25 heavy (non-hydrogen) atoms. The van der Waals surface area contributed by atoms with Crippen molar-refractivity contribution in [3.63, 3.8) is 0 Å². The number of aryl methyl sites for hydroxylation is 1. The highest BCUT2D eigenvalue weighted by Gasteiger charge is 2.19. The number of esters is 1. The van der Waals surface area contributed by atoms with Crippen LogP contribution in [0.15, 0.2) is 35.9 Å².